The summed E-state index contributed by atoms with van der Waals surface area (Å²) >= 11 is 7.18. The molecule has 3 heteroatoms. The molecule has 1 fully saturated rings. The molecular formula is C12H15NS2. The number of nitrogens with zero attached hydrogens (tertiary/aromatic N) is 1. The maximum atomic E-state index is 5.38. The Morgan fingerprint density at radius 2 is 2.00 bits per heavy atom. The largest absolute Gasteiger partial charge is 0.347 e. The maximum absolute atomic E-state index is 5.38. The lowest BCUT2D eigenvalue weighted by Crippen LogP contribution is -2.33. The van der Waals surface area contributed by atoms with E-state index >= 15 is 0 Å². The van der Waals surface area contributed by atoms with Crippen LogP contribution in [0.5, 0.6) is 0 Å². The monoisotopic (exact) mass is 237 g/mol. The van der Waals surface area contributed by atoms with E-state index in [0.29, 0.717) is 12.1 Å². The van der Waals surface area contributed by atoms with Crippen LogP contribution in [-0.4, -0.2) is 21.0 Å². The third-order valence-electron chi connectivity index (χ3n) is 2.65. The smallest absolute Gasteiger partial charge is 0.137 e. The van der Waals surface area contributed by atoms with Gasteiger partial charge >= 0.3 is 0 Å². The molecule has 1 aliphatic rings. The molecule has 80 valence electrons. The van der Waals surface area contributed by atoms with Crippen molar-refractivity contribution in [1.29, 1.82) is 0 Å². The second-order valence-electron chi connectivity index (χ2n) is 4.00. The minimum Gasteiger partial charge on any atom is -0.347 e. The number of benzene rings is 1. The lowest BCUT2D eigenvalue weighted by atomic mass is 10.1. The Bertz CT molecular complexity index is 348. The Kier molecular flexibility index (Phi) is 3.32. The van der Waals surface area contributed by atoms with Crippen LogP contribution in [0, 0.1) is 0 Å². The van der Waals surface area contributed by atoms with Crippen LogP contribution in [0.3, 0.4) is 0 Å². The van der Waals surface area contributed by atoms with E-state index in [1.807, 2.05) is 0 Å². The molecule has 1 aromatic rings. The molecule has 0 N–H and O–H groups in total. The van der Waals surface area contributed by atoms with E-state index in [-0.39, 0.29) is 0 Å². The highest BCUT2D eigenvalue weighted by Crippen LogP contribution is 2.36. The average molecular weight is 237 g/mol. The van der Waals surface area contributed by atoms with Crippen molar-refractivity contribution in [2.75, 3.05) is 5.75 Å². The van der Waals surface area contributed by atoms with Gasteiger partial charge in [-0.3, -0.25) is 0 Å². The quantitative estimate of drug-likeness (QED) is 0.725. The van der Waals surface area contributed by atoms with Crippen molar-refractivity contribution in [2.45, 2.75) is 25.9 Å². The van der Waals surface area contributed by atoms with Crippen LogP contribution in [0.25, 0.3) is 0 Å². The van der Waals surface area contributed by atoms with Gasteiger partial charge in [0, 0.05) is 11.8 Å². The van der Waals surface area contributed by atoms with Gasteiger partial charge in [0.1, 0.15) is 4.32 Å². The topological polar surface area (TPSA) is 3.24 Å². The molecule has 0 saturated carbocycles. The summed E-state index contributed by atoms with van der Waals surface area (Å²) < 4.78 is 1.04. The summed E-state index contributed by atoms with van der Waals surface area (Å²) in [5.74, 6) is 1.08. The zero-order valence-electron chi connectivity index (χ0n) is 9.01. The fourth-order valence-electron chi connectivity index (χ4n) is 1.94. The van der Waals surface area contributed by atoms with Crippen LogP contribution in [-0.2, 0) is 0 Å². The van der Waals surface area contributed by atoms with Crippen LogP contribution in [0.2, 0.25) is 0 Å². The molecule has 0 amide bonds. The van der Waals surface area contributed by atoms with Crippen LogP contribution in [0.4, 0.5) is 0 Å². The van der Waals surface area contributed by atoms with E-state index in [1.165, 1.54) is 5.56 Å². The summed E-state index contributed by atoms with van der Waals surface area (Å²) in [5.41, 5.74) is 1.37. The highest BCUT2D eigenvalue weighted by molar-refractivity contribution is 8.23. The molecule has 1 saturated heterocycles. The zero-order chi connectivity index (χ0) is 10.8. The van der Waals surface area contributed by atoms with Crippen molar-refractivity contribution in [3.63, 3.8) is 0 Å². The van der Waals surface area contributed by atoms with Gasteiger partial charge in [0.25, 0.3) is 0 Å². The molecule has 15 heavy (non-hydrogen) atoms. The molecule has 0 bridgehead atoms. The van der Waals surface area contributed by atoms with Crippen molar-refractivity contribution in [2.24, 2.45) is 0 Å². The van der Waals surface area contributed by atoms with Crippen molar-refractivity contribution >= 4 is 28.3 Å². The molecule has 0 radical (unpaired) electrons. The normalized spacial score (nSPS) is 21.4. The van der Waals surface area contributed by atoms with Gasteiger partial charge in [0.05, 0.1) is 6.04 Å². The van der Waals surface area contributed by atoms with Gasteiger partial charge in [-0.15, -0.1) is 0 Å². The number of hydrogen-bond donors (Lipinski definition) is 0. The first kappa shape index (κ1) is 11.0. The molecule has 1 atom stereocenters. The summed E-state index contributed by atoms with van der Waals surface area (Å²) in [7, 11) is 0. The van der Waals surface area contributed by atoms with Crippen LogP contribution >= 0.6 is 24.0 Å². The van der Waals surface area contributed by atoms with E-state index < -0.39 is 0 Å². The van der Waals surface area contributed by atoms with Gasteiger partial charge < -0.3 is 4.90 Å². The van der Waals surface area contributed by atoms with E-state index in [1.54, 1.807) is 11.8 Å². The second kappa shape index (κ2) is 4.54. The number of rotatable bonds is 2. The number of thioether (sulfide) groups is 1. The average Bonchev–Trinajstić information content (AvgIpc) is 2.61. The van der Waals surface area contributed by atoms with Gasteiger partial charge in [-0.2, -0.15) is 0 Å². The molecule has 1 heterocycles. The predicted octanol–water partition coefficient (Wildman–Crippen LogP) is 3.47. The Morgan fingerprint density at radius 3 is 2.60 bits per heavy atom. The van der Waals surface area contributed by atoms with Crippen LogP contribution in [0.15, 0.2) is 30.3 Å². The Balaban J connectivity index is 2.26. The minimum atomic E-state index is 0.462. The first-order chi connectivity index (χ1) is 7.20. The molecule has 1 nitrogen and oxygen atoms in total. The molecule has 0 aromatic heterocycles. The van der Waals surface area contributed by atoms with Gasteiger partial charge in [-0.25, -0.2) is 0 Å². The summed E-state index contributed by atoms with van der Waals surface area (Å²) in [4.78, 5) is 2.34. The molecule has 0 unspecified atom stereocenters. The number of thiocarbonyl (C=S) groups is 1. The summed E-state index contributed by atoms with van der Waals surface area (Å²) in [6.45, 7) is 4.40. The van der Waals surface area contributed by atoms with E-state index in [4.69, 9.17) is 12.2 Å². The molecular weight excluding hydrogens is 222 g/mol. The van der Waals surface area contributed by atoms with Gasteiger partial charge in [-0.05, 0) is 19.4 Å². The minimum absolute atomic E-state index is 0.462. The van der Waals surface area contributed by atoms with Crippen molar-refractivity contribution in [3.8, 4) is 0 Å². The molecule has 0 spiro atoms. The lowest BCUT2D eigenvalue weighted by Gasteiger charge is -2.29. The fraction of sp³-hybridized carbons (Fsp3) is 0.417. The van der Waals surface area contributed by atoms with Crippen LogP contribution < -0.4 is 0 Å². The van der Waals surface area contributed by atoms with Crippen LogP contribution in [0.1, 0.15) is 25.5 Å². The summed E-state index contributed by atoms with van der Waals surface area (Å²) in [6.07, 6.45) is 0. The van der Waals surface area contributed by atoms with Gasteiger partial charge in [0.2, 0.25) is 0 Å². The van der Waals surface area contributed by atoms with Gasteiger partial charge in [0.15, 0.2) is 0 Å². The standard InChI is InChI=1S/C12H15NS2/c1-9(2)13-11(8-15-12(13)14)10-6-4-3-5-7-10/h3-7,9,11H,8H2,1-2H3/t11-/m1/s1. The summed E-state index contributed by atoms with van der Waals surface area (Å²) in [5, 5.41) is 0. The molecule has 1 aliphatic heterocycles. The molecule has 0 aliphatic carbocycles. The fourth-order valence-corrected chi connectivity index (χ4v) is 3.62. The maximum Gasteiger partial charge on any atom is 0.137 e. The van der Waals surface area contributed by atoms with Crippen molar-refractivity contribution < 1.29 is 0 Å². The van der Waals surface area contributed by atoms with E-state index in [0.717, 1.165) is 10.1 Å². The first-order valence-corrected chi connectivity index (χ1v) is 6.59. The lowest BCUT2D eigenvalue weighted by molar-refractivity contribution is 0.303. The van der Waals surface area contributed by atoms with E-state index in [9.17, 15) is 0 Å². The molecule has 2 rings (SSSR count). The first-order valence-electron chi connectivity index (χ1n) is 5.20. The summed E-state index contributed by atoms with van der Waals surface area (Å²) in [6, 6.07) is 11.6. The Labute approximate surface area is 101 Å². The SMILES string of the molecule is CC(C)N1C(=S)SC[C@@H]1c1ccccc1. The molecule has 1 aromatic carbocycles. The third-order valence-corrected chi connectivity index (χ3v) is 4.16. The highest BCUT2D eigenvalue weighted by Gasteiger charge is 2.31. The number of hydrogen-bond acceptors (Lipinski definition) is 2. The Hall–Kier alpha value is -0.540. The Morgan fingerprint density at radius 1 is 1.33 bits per heavy atom. The van der Waals surface area contributed by atoms with Gasteiger partial charge in [-0.1, -0.05) is 54.3 Å². The van der Waals surface area contributed by atoms with Crippen molar-refractivity contribution in [3.05, 3.63) is 35.9 Å². The van der Waals surface area contributed by atoms with Crippen molar-refractivity contribution in [1.82, 2.24) is 4.90 Å². The zero-order valence-corrected chi connectivity index (χ0v) is 10.6. The van der Waals surface area contributed by atoms with E-state index in [2.05, 4.69) is 49.1 Å². The predicted molar refractivity (Wildman–Crippen MR) is 71.2 cm³/mol. The third kappa shape index (κ3) is 2.18. The highest BCUT2D eigenvalue weighted by atomic mass is 32.2. The second-order valence-corrected chi connectivity index (χ2v) is 5.66.